The summed E-state index contributed by atoms with van der Waals surface area (Å²) in [5.41, 5.74) is 0. The molecule has 2 atom stereocenters. The average Bonchev–Trinajstić information content (AvgIpc) is 2.03. The van der Waals surface area contributed by atoms with Crippen molar-refractivity contribution in [3.05, 3.63) is 0 Å². The quantitative estimate of drug-likeness (QED) is 0.590. The summed E-state index contributed by atoms with van der Waals surface area (Å²) in [6.45, 7) is 13.5. The fourth-order valence-electron chi connectivity index (χ4n) is 1.09. The van der Waals surface area contributed by atoms with Crippen molar-refractivity contribution in [2.24, 2.45) is 5.40 Å². The molecule has 2 unspecified atom stereocenters. The molecule has 0 aromatic carbocycles. The number of hydrogen-bond donors (Lipinski definition) is 3. The molecule has 0 bridgehead atoms. The van der Waals surface area contributed by atoms with Crippen LogP contribution in [0.3, 0.4) is 0 Å². The maximum Gasteiger partial charge on any atom is 0.125 e. The minimum Gasteiger partial charge on any atom is -0.352 e. The van der Waals surface area contributed by atoms with E-state index in [1.807, 2.05) is 7.05 Å². The smallest absolute Gasteiger partial charge is 0.125 e. The van der Waals surface area contributed by atoms with Gasteiger partial charge in [0, 0.05) is 10.3 Å². The Balaban J connectivity index is 4.39. The summed E-state index contributed by atoms with van der Waals surface area (Å²) < 4.78 is 0. The van der Waals surface area contributed by atoms with Gasteiger partial charge >= 0.3 is 0 Å². The first-order chi connectivity index (χ1) is 6.13. The fourth-order valence-corrected chi connectivity index (χ4v) is 4.80. The van der Waals surface area contributed by atoms with Gasteiger partial charge in [-0.25, -0.2) is 0 Å². The molecule has 0 aliphatic heterocycles. The van der Waals surface area contributed by atoms with Crippen LogP contribution in [0.2, 0.25) is 13.1 Å². The molecule has 0 aromatic rings. The van der Waals surface area contributed by atoms with Crippen LogP contribution in [-0.4, -0.2) is 35.3 Å². The third kappa shape index (κ3) is 3.82. The van der Waals surface area contributed by atoms with E-state index in [1.54, 1.807) is 0 Å². The van der Waals surface area contributed by atoms with Crippen molar-refractivity contribution in [3.63, 3.8) is 0 Å². The van der Waals surface area contributed by atoms with E-state index in [0.29, 0.717) is 0 Å². The highest BCUT2D eigenvalue weighted by Gasteiger charge is 2.32. The molecule has 0 radical (unpaired) electrons. The molecular weight excluding hydrogens is 206 g/mol. The monoisotopic (exact) mass is 233 g/mol. The second-order valence-electron chi connectivity index (χ2n) is 5.35. The summed E-state index contributed by atoms with van der Waals surface area (Å²) in [5, 5.41) is 9.86. The van der Waals surface area contributed by atoms with Gasteiger partial charge in [0.25, 0.3) is 0 Å². The second kappa shape index (κ2) is 4.89. The molecule has 0 saturated heterocycles. The van der Waals surface area contributed by atoms with Gasteiger partial charge in [0.1, 0.15) is 17.9 Å². The maximum atomic E-state index is 6.08. The predicted octanol–water partition coefficient (Wildman–Crippen LogP) is 0.0969. The normalized spacial score (nSPS) is 18.0. The number of nitrogens with two attached hydrogens (primary N) is 1. The SMILES string of the molecule is CNC(C)(C)[SiH](C)NC(C)(C)[SiH](C)N. The summed E-state index contributed by atoms with van der Waals surface area (Å²) in [6.07, 6.45) is 0. The molecule has 0 heterocycles. The Labute approximate surface area is 92.2 Å². The van der Waals surface area contributed by atoms with Crippen LogP contribution in [0.5, 0.6) is 0 Å². The van der Waals surface area contributed by atoms with E-state index < -0.39 is 17.9 Å². The highest BCUT2D eigenvalue weighted by molar-refractivity contribution is 6.63. The van der Waals surface area contributed by atoms with Crippen molar-refractivity contribution in [2.45, 2.75) is 51.1 Å². The molecule has 0 aliphatic carbocycles. The summed E-state index contributed by atoms with van der Waals surface area (Å²) in [4.78, 5) is 3.76. The Morgan fingerprint density at radius 2 is 1.43 bits per heavy atom. The topological polar surface area (TPSA) is 50.1 Å². The fraction of sp³-hybridized carbons (Fsp3) is 1.00. The van der Waals surface area contributed by atoms with Crippen LogP contribution < -0.4 is 15.7 Å². The van der Waals surface area contributed by atoms with Gasteiger partial charge in [-0.1, -0.05) is 13.1 Å². The molecule has 3 nitrogen and oxygen atoms in total. The van der Waals surface area contributed by atoms with Gasteiger partial charge in [-0.3, -0.25) is 0 Å². The van der Waals surface area contributed by atoms with Crippen LogP contribution in [0.25, 0.3) is 0 Å². The van der Waals surface area contributed by atoms with Crippen LogP contribution in [-0.2, 0) is 0 Å². The Morgan fingerprint density at radius 1 is 1.00 bits per heavy atom. The van der Waals surface area contributed by atoms with Crippen LogP contribution >= 0.6 is 0 Å². The molecule has 0 saturated carbocycles. The molecule has 86 valence electrons. The van der Waals surface area contributed by atoms with Gasteiger partial charge < -0.3 is 15.7 Å². The van der Waals surface area contributed by atoms with E-state index in [4.69, 9.17) is 5.40 Å². The molecular formula is C9H27N3Si2. The van der Waals surface area contributed by atoms with Gasteiger partial charge in [-0.15, -0.1) is 0 Å². The molecule has 0 rings (SSSR count). The van der Waals surface area contributed by atoms with Gasteiger partial charge in [0.05, 0.1) is 0 Å². The van der Waals surface area contributed by atoms with Crippen LogP contribution in [0.4, 0.5) is 0 Å². The zero-order valence-corrected chi connectivity index (χ0v) is 13.0. The standard InChI is InChI=1S/C9H27N3Si2/c1-8(2,11-5)14(7)12-9(3,4)13(6)10/h11-14H,10H2,1-7H3. The maximum absolute atomic E-state index is 6.08. The lowest BCUT2D eigenvalue weighted by molar-refractivity contribution is 0.538. The van der Waals surface area contributed by atoms with Crippen molar-refractivity contribution in [1.82, 2.24) is 10.3 Å². The first-order valence-electron chi connectivity index (χ1n) is 5.35. The van der Waals surface area contributed by atoms with Gasteiger partial charge in [-0.05, 0) is 34.7 Å². The van der Waals surface area contributed by atoms with E-state index in [9.17, 15) is 0 Å². The van der Waals surface area contributed by atoms with Crippen molar-refractivity contribution < 1.29 is 0 Å². The lowest BCUT2D eigenvalue weighted by Crippen LogP contribution is -2.67. The molecule has 0 aliphatic rings. The van der Waals surface area contributed by atoms with E-state index in [0.717, 1.165) is 0 Å². The van der Waals surface area contributed by atoms with Crippen LogP contribution in [0.15, 0.2) is 0 Å². The van der Waals surface area contributed by atoms with Gasteiger partial charge in [0.15, 0.2) is 0 Å². The Bertz CT molecular complexity index is 181. The number of hydrogen-bond acceptors (Lipinski definition) is 3. The first kappa shape index (κ1) is 14.3. The number of rotatable bonds is 5. The van der Waals surface area contributed by atoms with Crippen LogP contribution in [0, 0.1) is 0 Å². The molecule has 0 spiro atoms. The number of nitrogens with one attached hydrogen (secondary N) is 2. The molecule has 0 aromatic heterocycles. The zero-order chi connectivity index (χ0) is 11.6. The largest absolute Gasteiger partial charge is 0.352 e. The zero-order valence-electron chi connectivity index (χ0n) is 10.7. The van der Waals surface area contributed by atoms with Crippen molar-refractivity contribution in [2.75, 3.05) is 7.05 Å². The minimum atomic E-state index is -1.12. The first-order valence-corrected chi connectivity index (χ1v) is 10.1. The second-order valence-corrected chi connectivity index (χ2v) is 11.5. The minimum absolute atomic E-state index is 0.166. The highest BCUT2D eigenvalue weighted by atomic mass is 28.3. The molecule has 4 N–H and O–H groups in total. The molecule has 0 fully saturated rings. The summed E-state index contributed by atoms with van der Waals surface area (Å²) >= 11 is 0. The van der Waals surface area contributed by atoms with Crippen molar-refractivity contribution in [1.29, 1.82) is 0 Å². The van der Waals surface area contributed by atoms with E-state index in [2.05, 4.69) is 51.1 Å². The average molecular weight is 234 g/mol. The third-order valence-corrected chi connectivity index (χ3v) is 9.86. The van der Waals surface area contributed by atoms with E-state index in [-0.39, 0.29) is 10.3 Å². The molecule has 14 heavy (non-hydrogen) atoms. The Morgan fingerprint density at radius 3 is 1.71 bits per heavy atom. The third-order valence-electron chi connectivity index (χ3n) is 3.45. The highest BCUT2D eigenvalue weighted by Crippen LogP contribution is 2.10. The van der Waals surface area contributed by atoms with E-state index >= 15 is 0 Å². The predicted molar refractivity (Wildman–Crippen MR) is 70.6 cm³/mol. The lowest BCUT2D eigenvalue weighted by atomic mass is 10.4. The summed E-state index contributed by atoms with van der Waals surface area (Å²) in [5.74, 6) is 0. The van der Waals surface area contributed by atoms with Crippen LogP contribution in [0.1, 0.15) is 27.7 Å². The van der Waals surface area contributed by atoms with Gasteiger partial charge in [-0.2, -0.15) is 0 Å². The lowest BCUT2D eigenvalue weighted by Gasteiger charge is -2.39. The Kier molecular flexibility index (Phi) is 5.00. The summed E-state index contributed by atoms with van der Waals surface area (Å²) in [7, 11) is -0.0923. The van der Waals surface area contributed by atoms with Gasteiger partial charge in [0.2, 0.25) is 0 Å². The Hall–Kier alpha value is 0.314. The summed E-state index contributed by atoms with van der Waals surface area (Å²) in [6, 6.07) is 0. The van der Waals surface area contributed by atoms with Crippen molar-refractivity contribution >= 4 is 17.9 Å². The molecule has 5 heteroatoms. The van der Waals surface area contributed by atoms with E-state index in [1.165, 1.54) is 0 Å². The van der Waals surface area contributed by atoms with Crippen molar-refractivity contribution in [3.8, 4) is 0 Å². The molecule has 0 amide bonds.